The van der Waals surface area contributed by atoms with E-state index >= 15 is 0 Å². The number of carbonyl (C=O) groups excluding carboxylic acids is 1. The fourth-order valence-corrected chi connectivity index (χ4v) is 1.46. The minimum absolute atomic E-state index is 0.00385. The number of likely N-dealkylation sites (N-methyl/N-ethyl adjacent to an activating group) is 1. The predicted octanol–water partition coefficient (Wildman–Crippen LogP) is 0.993. The van der Waals surface area contributed by atoms with E-state index in [4.69, 9.17) is 5.11 Å². The van der Waals surface area contributed by atoms with E-state index in [0.29, 0.717) is 19.5 Å². The number of rotatable bonds is 9. The molecular formula is C12H24N2O3. The molecule has 0 saturated carbocycles. The molecule has 5 heteroatoms. The summed E-state index contributed by atoms with van der Waals surface area (Å²) >= 11 is 0. The number of nitrogens with one attached hydrogen (secondary N) is 2. The molecular weight excluding hydrogens is 220 g/mol. The molecule has 17 heavy (non-hydrogen) atoms. The van der Waals surface area contributed by atoms with Crippen molar-refractivity contribution in [2.75, 3.05) is 19.6 Å². The lowest BCUT2D eigenvalue weighted by molar-refractivity contribution is -0.137. The van der Waals surface area contributed by atoms with Crippen molar-refractivity contribution in [3.63, 3.8) is 0 Å². The average Bonchev–Trinajstić information content (AvgIpc) is 2.22. The summed E-state index contributed by atoms with van der Waals surface area (Å²) in [4.78, 5) is 21.6. The third-order valence-corrected chi connectivity index (χ3v) is 2.65. The Morgan fingerprint density at radius 2 is 1.88 bits per heavy atom. The zero-order chi connectivity index (χ0) is 13.3. The van der Waals surface area contributed by atoms with E-state index in [2.05, 4.69) is 10.6 Å². The van der Waals surface area contributed by atoms with Crippen molar-refractivity contribution in [3.05, 3.63) is 0 Å². The first kappa shape index (κ1) is 15.9. The smallest absolute Gasteiger partial charge is 0.303 e. The zero-order valence-electron chi connectivity index (χ0n) is 11.0. The van der Waals surface area contributed by atoms with Gasteiger partial charge in [0.05, 0.1) is 6.54 Å². The van der Waals surface area contributed by atoms with Gasteiger partial charge in [-0.3, -0.25) is 9.59 Å². The van der Waals surface area contributed by atoms with Crippen molar-refractivity contribution in [3.8, 4) is 0 Å². The fraction of sp³-hybridized carbons (Fsp3) is 0.833. The summed E-state index contributed by atoms with van der Waals surface area (Å²) in [5.41, 5.74) is -0.00732. The molecule has 0 rings (SSSR count). The van der Waals surface area contributed by atoms with Crippen LogP contribution in [0.15, 0.2) is 0 Å². The molecule has 0 bridgehead atoms. The van der Waals surface area contributed by atoms with Gasteiger partial charge >= 0.3 is 5.97 Å². The Labute approximate surface area is 103 Å². The predicted molar refractivity (Wildman–Crippen MR) is 66.8 cm³/mol. The fourth-order valence-electron chi connectivity index (χ4n) is 1.46. The summed E-state index contributed by atoms with van der Waals surface area (Å²) in [5.74, 6) is -0.760. The number of carbonyl (C=O) groups is 2. The van der Waals surface area contributed by atoms with Gasteiger partial charge in [-0.1, -0.05) is 13.8 Å². The summed E-state index contributed by atoms with van der Waals surface area (Å²) in [6.07, 6.45) is 1.72. The average molecular weight is 244 g/mol. The van der Waals surface area contributed by atoms with Crippen LogP contribution in [0.4, 0.5) is 0 Å². The molecule has 0 aromatic rings. The lowest BCUT2D eigenvalue weighted by atomic mass is 9.84. The number of aliphatic carboxylic acids is 1. The van der Waals surface area contributed by atoms with Crippen LogP contribution in [0.5, 0.6) is 0 Å². The van der Waals surface area contributed by atoms with E-state index in [9.17, 15) is 9.59 Å². The second kappa shape index (κ2) is 8.06. The standard InChI is InChI=1S/C12H24N2O3/c1-4-14-10(15)9-13-8-7-12(2,3)6-5-11(16)17/h13H,4-9H2,1-3H3,(H,14,15)(H,16,17). The van der Waals surface area contributed by atoms with Gasteiger partial charge in [0.2, 0.25) is 5.91 Å². The van der Waals surface area contributed by atoms with Crippen LogP contribution in [0.2, 0.25) is 0 Å². The normalized spacial score (nSPS) is 11.2. The van der Waals surface area contributed by atoms with Gasteiger partial charge in [-0.25, -0.2) is 0 Å². The van der Waals surface area contributed by atoms with Crippen molar-refractivity contribution in [2.45, 2.75) is 40.0 Å². The Hall–Kier alpha value is -1.10. The summed E-state index contributed by atoms with van der Waals surface area (Å²) in [7, 11) is 0. The molecule has 0 aromatic heterocycles. The number of carboxylic acid groups (broad SMARTS) is 1. The van der Waals surface area contributed by atoms with E-state index < -0.39 is 5.97 Å². The van der Waals surface area contributed by atoms with Crippen molar-refractivity contribution in [1.29, 1.82) is 0 Å². The van der Waals surface area contributed by atoms with Gasteiger partial charge in [0.15, 0.2) is 0 Å². The van der Waals surface area contributed by atoms with E-state index in [-0.39, 0.29) is 17.7 Å². The molecule has 100 valence electrons. The Morgan fingerprint density at radius 3 is 2.41 bits per heavy atom. The number of carboxylic acids is 1. The highest BCUT2D eigenvalue weighted by molar-refractivity contribution is 5.77. The molecule has 0 aliphatic rings. The van der Waals surface area contributed by atoms with Crippen LogP contribution in [0.1, 0.15) is 40.0 Å². The summed E-state index contributed by atoms with van der Waals surface area (Å²) in [5, 5.41) is 14.4. The Kier molecular flexibility index (Phi) is 7.54. The van der Waals surface area contributed by atoms with Gasteiger partial charge in [-0.05, 0) is 31.7 Å². The van der Waals surface area contributed by atoms with Crippen molar-refractivity contribution >= 4 is 11.9 Å². The maximum atomic E-state index is 11.1. The lowest BCUT2D eigenvalue weighted by Crippen LogP contribution is -2.35. The van der Waals surface area contributed by atoms with Crippen molar-refractivity contribution in [2.24, 2.45) is 5.41 Å². The third kappa shape index (κ3) is 9.81. The first-order chi connectivity index (χ1) is 7.87. The maximum Gasteiger partial charge on any atom is 0.303 e. The van der Waals surface area contributed by atoms with Crippen molar-refractivity contribution in [1.82, 2.24) is 10.6 Å². The molecule has 0 fully saturated rings. The number of hydrogen-bond donors (Lipinski definition) is 3. The molecule has 0 aliphatic carbocycles. The van der Waals surface area contributed by atoms with Gasteiger partial charge in [-0.2, -0.15) is 0 Å². The number of hydrogen-bond acceptors (Lipinski definition) is 3. The van der Waals surface area contributed by atoms with E-state index in [0.717, 1.165) is 13.0 Å². The first-order valence-corrected chi connectivity index (χ1v) is 6.06. The van der Waals surface area contributed by atoms with Crippen LogP contribution >= 0.6 is 0 Å². The maximum absolute atomic E-state index is 11.1. The van der Waals surface area contributed by atoms with Crippen LogP contribution in [-0.2, 0) is 9.59 Å². The molecule has 1 amide bonds. The number of amides is 1. The molecule has 0 aliphatic heterocycles. The van der Waals surface area contributed by atoms with Gasteiger partial charge in [0.25, 0.3) is 0 Å². The SMILES string of the molecule is CCNC(=O)CNCCC(C)(C)CCC(=O)O. The quantitative estimate of drug-likeness (QED) is 0.529. The Balaban J connectivity index is 3.64. The first-order valence-electron chi connectivity index (χ1n) is 6.06. The van der Waals surface area contributed by atoms with E-state index in [1.807, 2.05) is 20.8 Å². The topological polar surface area (TPSA) is 78.4 Å². The molecule has 5 nitrogen and oxygen atoms in total. The third-order valence-electron chi connectivity index (χ3n) is 2.65. The van der Waals surface area contributed by atoms with Crippen LogP contribution < -0.4 is 10.6 Å². The summed E-state index contributed by atoms with van der Waals surface area (Å²) < 4.78 is 0. The largest absolute Gasteiger partial charge is 0.481 e. The highest BCUT2D eigenvalue weighted by atomic mass is 16.4. The second-order valence-corrected chi connectivity index (χ2v) is 4.94. The molecule has 0 atom stereocenters. The monoisotopic (exact) mass is 244 g/mol. The second-order valence-electron chi connectivity index (χ2n) is 4.94. The van der Waals surface area contributed by atoms with Crippen LogP contribution in [0.3, 0.4) is 0 Å². The van der Waals surface area contributed by atoms with Crippen LogP contribution in [0.25, 0.3) is 0 Å². The minimum Gasteiger partial charge on any atom is -0.481 e. The lowest BCUT2D eigenvalue weighted by Gasteiger charge is -2.23. The van der Waals surface area contributed by atoms with E-state index in [1.165, 1.54) is 0 Å². The Morgan fingerprint density at radius 1 is 1.24 bits per heavy atom. The van der Waals surface area contributed by atoms with Crippen LogP contribution in [0, 0.1) is 5.41 Å². The molecule has 0 heterocycles. The van der Waals surface area contributed by atoms with E-state index in [1.54, 1.807) is 0 Å². The zero-order valence-corrected chi connectivity index (χ0v) is 11.0. The van der Waals surface area contributed by atoms with Gasteiger partial charge < -0.3 is 15.7 Å². The molecule has 0 saturated heterocycles. The van der Waals surface area contributed by atoms with Gasteiger partial charge in [0, 0.05) is 13.0 Å². The molecule has 0 radical (unpaired) electrons. The van der Waals surface area contributed by atoms with Crippen molar-refractivity contribution < 1.29 is 14.7 Å². The Bertz CT molecular complexity index is 252. The minimum atomic E-state index is -0.756. The van der Waals surface area contributed by atoms with Crippen LogP contribution in [-0.4, -0.2) is 36.6 Å². The summed E-state index contributed by atoms with van der Waals surface area (Å²) in [6, 6.07) is 0. The molecule has 0 aromatic carbocycles. The summed E-state index contributed by atoms with van der Waals surface area (Å²) in [6.45, 7) is 7.66. The molecule has 0 unspecified atom stereocenters. The molecule has 0 spiro atoms. The van der Waals surface area contributed by atoms with Gasteiger partial charge in [-0.15, -0.1) is 0 Å². The van der Waals surface area contributed by atoms with Gasteiger partial charge in [0.1, 0.15) is 0 Å². The molecule has 3 N–H and O–H groups in total. The highest BCUT2D eigenvalue weighted by Crippen LogP contribution is 2.25. The highest BCUT2D eigenvalue weighted by Gasteiger charge is 2.18.